The zero-order chi connectivity index (χ0) is 14.1. The van der Waals surface area contributed by atoms with Gasteiger partial charge in [-0.05, 0) is 23.3 Å². The van der Waals surface area contributed by atoms with Crippen LogP contribution in [0.4, 0.5) is 0 Å². The molecule has 1 heterocycles. The third-order valence-electron chi connectivity index (χ3n) is 3.54. The summed E-state index contributed by atoms with van der Waals surface area (Å²) in [6.45, 7) is 0. The van der Waals surface area contributed by atoms with E-state index in [9.17, 15) is 0 Å². The summed E-state index contributed by atoms with van der Waals surface area (Å²) in [7, 11) is 0. The third-order valence-corrected chi connectivity index (χ3v) is 4.37. The molecule has 20 heavy (non-hydrogen) atoms. The molecule has 0 spiro atoms. The number of fused-ring (bicyclic) bond motifs is 1. The van der Waals surface area contributed by atoms with Crippen molar-refractivity contribution in [2.45, 2.75) is 18.6 Å². The van der Waals surface area contributed by atoms with Crippen molar-refractivity contribution in [2.24, 2.45) is 5.84 Å². The Balaban J connectivity index is 1.91. The summed E-state index contributed by atoms with van der Waals surface area (Å²) in [5.41, 5.74) is 4.82. The lowest BCUT2D eigenvalue weighted by atomic mass is 9.98. The first-order valence-electron chi connectivity index (χ1n) is 6.35. The first-order valence-corrected chi connectivity index (χ1v) is 7.11. The maximum atomic E-state index is 6.27. The summed E-state index contributed by atoms with van der Waals surface area (Å²) >= 11 is 12.3. The van der Waals surface area contributed by atoms with E-state index in [0.29, 0.717) is 10.0 Å². The molecule has 0 bridgehead atoms. The predicted molar refractivity (Wildman–Crippen MR) is 81.1 cm³/mol. The van der Waals surface area contributed by atoms with Crippen molar-refractivity contribution < 1.29 is 4.74 Å². The number of hydrazine groups is 1. The van der Waals surface area contributed by atoms with Gasteiger partial charge in [0, 0.05) is 6.42 Å². The Morgan fingerprint density at radius 3 is 2.70 bits per heavy atom. The molecule has 0 aromatic heterocycles. The van der Waals surface area contributed by atoms with Gasteiger partial charge in [0.1, 0.15) is 11.9 Å². The van der Waals surface area contributed by atoms with E-state index in [1.807, 2.05) is 30.3 Å². The van der Waals surface area contributed by atoms with Gasteiger partial charge in [-0.2, -0.15) is 0 Å². The SMILES string of the molecule is NNC(c1cccc(Cl)c1Cl)C1Cc2ccccc2O1. The van der Waals surface area contributed by atoms with Gasteiger partial charge < -0.3 is 4.74 Å². The number of hydrogen-bond donors (Lipinski definition) is 2. The van der Waals surface area contributed by atoms with Crippen molar-refractivity contribution in [1.29, 1.82) is 0 Å². The zero-order valence-electron chi connectivity index (χ0n) is 10.6. The van der Waals surface area contributed by atoms with Crippen molar-refractivity contribution in [2.75, 3.05) is 0 Å². The van der Waals surface area contributed by atoms with Gasteiger partial charge in [-0.1, -0.05) is 53.5 Å². The molecule has 0 saturated carbocycles. The van der Waals surface area contributed by atoms with Crippen molar-refractivity contribution in [3.8, 4) is 5.75 Å². The molecule has 0 aliphatic carbocycles. The molecule has 3 rings (SSSR count). The van der Waals surface area contributed by atoms with E-state index >= 15 is 0 Å². The smallest absolute Gasteiger partial charge is 0.124 e. The molecule has 0 radical (unpaired) electrons. The number of ether oxygens (including phenoxy) is 1. The molecule has 0 saturated heterocycles. The Hall–Kier alpha value is -1.26. The zero-order valence-corrected chi connectivity index (χ0v) is 12.2. The maximum Gasteiger partial charge on any atom is 0.124 e. The molecular weight excluding hydrogens is 295 g/mol. The summed E-state index contributed by atoms with van der Waals surface area (Å²) in [4.78, 5) is 0. The van der Waals surface area contributed by atoms with Crippen molar-refractivity contribution in [3.05, 3.63) is 63.6 Å². The van der Waals surface area contributed by atoms with Crippen LogP contribution in [-0.4, -0.2) is 6.10 Å². The lowest BCUT2D eigenvalue weighted by Gasteiger charge is -2.24. The second kappa shape index (κ2) is 5.62. The summed E-state index contributed by atoms with van der Waals surface area (Å²) in [6, 6.07) is 13.3. The highest BCUT2D eigenvalue weighted by atomic mass is 35.5. The van der Waals surface area contributed by atoms with Crippen molar-refractivity contribution in [3.63, 3.8) is 0 Å². The Morgan fingerprint density at radius 1 is 1.15 bits per heavy atom. The van der Waals surface area contributed by atoms with Crippen LogP contribution in [0.5, 0.6) is 5.75 Å². The average molecular weight is 309 g/mol. The third kappa shape index (κ3) is 2.38. The van der Waals surface area contributed by atoms with Crippen molar-refractivity contribution in [1.82, 2.24) is 5.43 Å². The second-order valence-electron chi connectivity index (χ2n) is 4.76. The molecule has 0 amide bonds. The quantitative estimate of drug-likeness (QED) is 0.674. The highest BCUT2D eigenvalue weighted by molar-refractivity contribution is 6.42. The van der Waals surface area contributed by atoms with E-state index in [1.165, 1.54) is 5.56 Å². The lowest BCUT2D eigenvalue weighted by molar-refractivity contribution is 0.179. The Bertz CT molecular complexity index is 608. The average Bonchev–Trinajstić information content (AvgIpc) is 2.87. The molecule has 2 aromatic rings. The van der Waals surface area contributed by atoms with Gasteiger partial charge in [0.15, 0.2) is 0 Å². The van der Waals surface area contributed by atoms with E-state index in [-0.39, 0.29) is 12.1 Å². The standard InChI is InChI=1S/C15H14Cl2N2O/c16-11-6-3-5-10(14(11)17)15(19-18)13-8-9-4-1-2-7-12(9)20-13/h1-7,13,15,19H,8,18H2. The molecular formula is C15H14Cl2N2O. The lowest BCUT2D eigenvalue weighted by Crippen LogP contribution is -2.39. The number of benzene rings is 2. The normalized spacial score (nSPS) is 18.4. The van der Waals surface area contributed by atoms with Crippen LogP contribution in [0.3, 0.4) is 0 Å². The minimum Gasteiger partial charge on any atom is -0.488 e. The van der Waals surface area contributed by atoms with Crippen LogP contribution >= 0.6 is 23.2 Å². The van der Waals surface area contributed by atoms with Gasteiger partial charge >= 0.3 is 0 Å². The summed E-state index contributed by atoms with van der Waals surface area (Å²) in [5.74, 6) is 6.61. The number of rotatable bonds is 3. The number of halogens is 2. The van der Waals surface area contributed by atoms with Gasteiger partial charge in [-0.3, -0.25) is 5.84 Å². The number of para-hydroxylation sites is 1. The van der Waals surface area contributed by atoms with Crippen LogP contribution in [0.2, 0.25) is 10.0 Å². The van der Waals surface area contributed by atoms with Gasteiger partial charge in [-0.25, -0.2) is 5.43 Å². The molecule has 0 fully saturated rings. The first-order chi connectivity index (χ1) is 9.70. The van der Waals surface area contributed by atoms with E-state index in [1.54, 1.807) is 6.07 Å². The van der Waals surface area contributed by atoms with Crippen LogP contribution in [0.15, 0.2) is 42.5 Å². The fourth-order valence-corrected chi connectivity index (χ4v) is 2.98. The summed E-state index contributed by atoms with van der Waals surface area (Å²) in [6.07, 6.45) is 0.682. The topological polar surface area (TPSA) is 47.3 Å². The van der Waals surface area contributed by atoms with Gasteiger partial charge in [0.25, 0.3) is 0 Å². The van der Waals surface area contributed by atoms with Crippen molar-refractivity contribution >= 4 is 23.2 Å². The number of nitrogens with one attached hydrogen (secondary N) is 1. The minimum atomic E-state index is -0.214. The van der Waals surface area contributed by atoms with Gasteiger partial charge in [0.2, 0.25) is 0 Å². The summed E-state index contributed by atoms with van der Waals surface area (Å²) in [5, 5.41) is 1.02. The van der Waals surface area contributed by atoms with Gasteiger partial charge in [-0.15, -0.1) is 0 Å². The highest BCUT2D eigenvalue weighted by Crippen LogP contribution is 2.37. The Kier molecular flexibility index (Phi) is 3.85. The molecule has 2 unspecified atom stereocenters. The molecule has 2 aromatic carbocycles. The number of nitrogens with two attached hydrogens (primary N) is 1. The fourth-order valence-electron chi connectivity index (χ4n) is 2.55. The summed E-state index contributed by atoms with van der Waals surface area (Å²) < 4.78 is 5.97. The van der Waals surface area contributed by atoms with E-state index in [2.05, 4.69) is 11.5 Å². The fraction of sp³-hybridized carbons (Fsp3) is 0.200. The monoisotopic (exact) mass is 308 g/mol. The Labute approximate surface area is 127 Å². The van der Waals surface area contributed by atoms with E-state index < -0.39 is 0 Å². The van der Waals surface area contributed by atoms with E-state index in [4.69, 9.17) is 33.8 Å². The first kappa shape index (κ1) is 13.7. The molecule has 1 aliphatic heterocycles. The molecule has 3 N–H and O–H groups in total. The molecule has 1 aliphatic rings. The van der Waals surface area contributed by atoms with Gasteiger partial charge in [0.05, 0.1) is 16.1 Å². The van der Waals surface area contributed by atoms with Crippen LogP contribution < -0.4 is 16.0 Å². The number of hydrogen-bond acceptors (Lipinski definition) is 3. The van der Waals surface area contributed by atoms with Crippen LogP contribution in [0.25, 0.3) is 0 Å². The highest BCUT2D eigenvalue weighted by Gasteiger charge is 2.32. The molecule has 3 nitrogen and oxygen atoms in total. The molecule has 104 valence electrons. The predicted octanol–water partition coefficient (Wildman–Crippen LogP) is 3.50. The van der Waals surface area contributed by atoms with Crippen LogP contribution in [-0.2, 0) is 6.42 Å². The second-order valence-corrected chi connectivity index (χ2v) is 5.54. The Morgan fingerprint density at radius 2 is 1.95 bits per heavy atom. The molecule has 5 heteroatoms. The van der Waals surface area contributed by atoms with Crippen LogP contribution in [0.1, 0.15) is 17.2 Å². The largest absolute Gasteiger partial charge is 0.488 e. The molecule has 2 atom stereocenters. The van der Waals surface area contributed by atoms with Crippen LogP contribution in [0, 0.1) is 0 Å². The van der Waals surface area contributed by atoms with E-state index in [0.717, 1.165) is 17.7 Å². The minimum absolute atomic E-state index is 0.103. The maximum absolute atomic E-state index is 6.27.